The van der Waals surface area contributed by atoms with E-state index in [2.05, 4.69) is 58.9 Å². The second-order valence-electron chi connectivity index (χ2n) is 9.84. The molecule has 0 spiro atoms. The summed E-state index contributed by atoms with van der Waals surface area (Å²) >= 11 is 0. The van der Waals surface area contributed by atoms with E-state index in [1.165, 1.54) is 23.6 Å². The van der Waals surface area contributed by atoms with E-state index < -0.39 is 0 Å². The summed E-state index contributed by atoms with van der Waals surface area (Å²) in [6.45, 7) is 14.5. The lowest BCUT2D eigenvalue weighted by Crippen LogP contribution is -2.47. The molecule has 4 nitrogen and oxygen atoms in total. The van der Waals surface area contributed by atoms with Crippen LogP contribution in [0.5, 0.6) is 0 Å². The number of esters is 2. The Labute approximate surface area is 191 Å². The van der Waals surface area contributed by atoms with Gasteiger partial charge >= 0.3 is 11.9 Å². The molecule has 0 amide bonds. The standard InChI is InChI=1S/C28H34O4/c1-8-31-26(30)21-12-9-20(10-13-21)11-14-22-16-23-24(15-18(22)2)28(6,7)25(32-19(3)29)17-27(23,4)5/h9-16,25H,8,17H2,1-7H3. The summed E-state index contributed by atoms with van der Waals surface area (Å²) in [6.07, 6.45) is 4.82. The first-order chi connectivity index (χ1) is 15.0. The zero-order valence-corrected chi connectivity index (χ0v) is 20.2. The van der Waals surface area contributed by atoms with E-state index in [1.54, 1.807) is 19.1 Å². The van der Waals surface area contributed by atoms with Gasteiger partial charge in [0.05, 0.1) is 12.2 Å². The Balaban J connectivity index is 1.93. The van der Waals surface area contributed by atoms with Gasteiger partial charge in [-0.05, 0) is 65.6 Å². The maximum absolute atomic E-state index is 11.8. The zero-order valence-electron chi connectivity index (χ0n) is 20.2. The predicted molar refractivity (Wildman–Crippen MR) is 129 cm³/mol. The van der Waals surface area contributed by atoms with E-state index in [1.807, 2.05) is 12.1 Å². The van der Waals surface area contributed by atoms with Crippen LogP contribution in [0.3, 0.4) is 0 Å². The third-order valence-electron chi connectivity index (χ3n) is 6.52. The number of carbonyl (C=O) groups excluding carboxylic acids is 2. The molecule has 0 bridgehead atoms. The second kappa shape index (κ2) is 8.93. The monoisotopic (exact) mass is 434 g/mol. The zero-order chi connectivity index (χ0) is 23.7. The van der Waals surface area contributed by atoms with Crippen LogP contribution in [0, 0.1) is 6.92 Å². The Hall–Kier alpha value is -2.88. The third kappa shape index (κ3) is 4.79. The quantitative estimate of drug-likeness (QED) is 0.413. The summed E-state index contributed by atoms with van der Waals surface area (Å²) in [7, 11) is 0. The maximum Gasteiger partial charge on any atom is 0.338 e. The van der Waals surface area contributed by atoms with E-state index in [-0.39, 0.29) is 28.9 Å². The van der Waals surface area contributed by atoms with E-state index in [4.69, 9.17) is 9.47 Å². The Bertz CT molecular complexity index is 1040. The first kappa shape index (κ1) is 23.8. The van der Waals surface area contributed by atoms with Crippen molar-refractivity contribution in [2.45, 2.75) is 71.8 Å². The van der Waals surface area contributed by atoms with Crippen LogP contribution in [-0.4, -0.2) is 24.6 Å². The molecule has 170 valence electrons. The lowest BCUT2D eigenvalue weighted by Gasteiger charge is -2.47. The van der Waals surface area contributed by atoms with Crippen molar-refractivity contribution in [1.29, 1.82) is 0 Å². The molecule has 0 fully saturated rings. The fourth-order valence-electron chi connectivity index (χ4n) is 4.52. The van der Waals surface area contributed by atoms with E-state index in [0.29, 0.717) is 12.2 Å². The van der Waals surface area contributed by atoms with Crippen LogP contribution in [0.1, 0.15) is 86.1 Å². The molecule has 0 heterocycles. The highest BCUT2D eigenvalue weighted by atomic mass is 16.5. The highest BCUT2D eigenvalue weighted by molar-refractivity contribution is 5.89. The number of rotatable bonds is 5. The van der Waals surface area contributed by atoms with Gasteiger partial charge in [0, 0.05) is 12.3 Å². The highest BCUT2D eigenvalue weighted by Gasteiger charge is 2.46. The Morgan fingerprint density at radius 3 is 2.28 bits per heavy atom. The summed E-state index contributed by atoms with van der Waals surface area (Å²) in [5.74, 6) is -0.530. The molecular weight excluding hydrogens is 400 g/mol. The number of ether oxygens (including phenoxy) is 2. The summed E-state index contributed by atoms with van der Waals surface area (Å²) in [6, 6.07) is 12.0. The summed E-state index contributed by atoms with van der Waals surface area (Å²) in [5.41, 5.74) is 6.09. The van der Waals surface area contributed by atoms with Crippen LogP contribution < -0.4 is 0 Å². The third-order valence-corrected chi connectivity index (χ3v) is 6.52. The topological polar surface area (TPSA) is 52.6 Å². The lowest BCUT2D eigenvalue weighted by molar-refractivity contribution is -0.151. The normalized spacial score (nSPS) is 18.8. The van der Waals surface area contributed by atoms with Crippen molar-refractivity contribution in [2.75, 3.05) is 6.61 Å². The molecule has 1 aliphatic carbocycles. The number of carbonyl (C=O) groups is 2. The van der Waals surface area contributed by atoms with Crippen LogP contribution in [0.4, 0.5) is 0 Å². The molecule has 1 aliphatic rings. The lowest BCUT2D eigenvalue weighted by atomic mass is 9.61. The van der Waals surface area contributed by atoms with Crippen LogP contribution >= 0.6 is 0 Å². The molecule has 2 aromatic carbocycles. The first-order valence-corrected chi connectivity index (χ1v) is 11.2. The molecule has 2 aromatic rings. The second-order valence-corrected chi connectivity index (χ2v) is 9.84. The van der Waals surface area contributed by atoms with Gasteiger partial charge < -0.3 is 9.47 Å². The van der Waals surface area contributed by atoms with Crippen LogP contribution in [0.2, 0.25) is 0 Å². The van der Waals surface area contributed by atoms with Gasteiger partial charge in [-0.1, -0.05) is 64.1 Å². The fraction of sp³-hybridized carbons (Fsp3) is 0.429. The Morgan fingerprint density at radius 1 is 1.03 bits per heavy atom. The minimum Gasteiger partial charge on any atom is -0.462 e. The average Bonchev–Trinajstić information content (AvgIpc) is 2.71. The number of aryl methyl sites for hydroxylation is 1. The van der Waals surface area contributed by atoms with Gasteiger partial charge in [0.15, 0.2) is 0 Å². The molecule has 1 atom stereocenters. The van der Waals surface area contributed by atoms with Crippen LogP contribution in [0.25, 0.3) is 12.2 Å². The van der Waals surface area contributed by atoms with Gasteiger partial charge in [0.2, 0.25) is 0 Å². The molecule has 0 saturated heterocycles. The summed E-state index contributed by atoms with van der Waals surface area (Å²) in [5, 5.41) is 0. The first-order valence-electron chi connectivity index (χ1n) is 11.2. The van der Waals surface area contributed by atoms with Gasteiger partial charge in [0.1, 0.15) is 6.10 Å². The molecule has 0 aliphatic heterocycles. The van der Waals surface area contributed by atoms with Crippen molar-refractivity contribution in [2.24, 2.45) is 0 Å². The van der Waals surface area contributed by atoms with E-state index in [0.717, 1.165) is 17.5 Å². The molecule has 0 aromatic heterocycles. The fourth-order valence-corrected chi connectivity index (χ4v) is 4.52. The summed E-state index contributed by atoms with van der Waals surface area (Å²) in [4.78, 5) is 23.5. The molecule has 32 heavy (non-hydrogen) atoms. The Morgan fingerprint density at radius 2 is 1.69 bits per heavy atom. The number of hydrogen-bond donors (Lipinski definition) is 0. The maximum atomic E-state index is 11.8. The van der Waals surface area contributed by atoms with Gasteiger partial charge in [-0.3, -0.25) is 4.79 Å². The predicted octanol–water partition coefficient (Wildman–Crippen LogP) is 6.23. The van der Waals surface area contributed by atoms with Crippen molar-refractivity contribution >= 4 is 24.1 Å². The van der Waals surface area contributed by atoms with E-state index in [9.17, 15) is 9.59 Å². The Kier molecular flexibility index (Phi) is 6.64. The molecular formula is C28H34O4. The average molecular weight is 435 g/mol. The molecule has 1 unspecified atom stereocenters. The van der Waals surface area contributed by atoms with Crippen molar-refractivity contribution < 1.29 is 19.1 Å². The molecule has 0 radical (unpaired) electrons. The van der Waals surface area contributed by atoms with E-state index >= 15 is 0 Å². The van der Waals surface area contributed by atoms with Gasteiger partial charge in [-0.25, -0.2) is 4.79 Å². The SMILES string of the molecule is CCOC(=O)c1ccc(C=Cc2cc3c(cc2C)C(C)(C)C(OC(C)=O)CC3(C)C)cc1. The largest absolute Gasteiger partial charge is 0.462 e. The van der Waals surface area contributed by atoms with Gasteiger partial charge in [-0.15, -0.1) is 0 Å². The number of fused-ring (bicyclic) bond motifs is 1. The van der Waals surface area contributed by atoms with Crippen LogP contribution in [0.15, 0.2) is 36.4 Å². The minimum atomic E-state index is -0.300. The van der Waals surface area contributed by atoms with Gasteiger partial charge in [0.25, 0.3) is 0 Å². The number of hydrogen-bond acceptors (Lipinski definition) is 4. The molecule has 0 saturated carbocycles. The van der Waals surface area contributed by atoms with Crippen molar-refractivity contribution in [1.82, 2.24) is 0 Å². The summed E-state index contributed by atoms with van der Waals surface area (Å²) < 4.78 is 10.8. The molecule has 3 rings (SSSR count). The highest BCUT2D eigenvalue weighted by Crippen LogP contribution is 2.48. The van der Waals surface area contributed by atoms with Crippen molar-refractivity contribution in [3.05, 3.63) is 69.8 Å². The minimum absolute atomic E-state index is 0.109. The molecule has 0 N–H and O–H groups in total. The van der Waals surface area contributed by atoms with Crippen molar-refractivity contribution in [3.8, 4) is 0 Å². The molecule has 4 heteroatoms. The van der Waals surface area contributed by atoms with Crippen LogP contribution in [-0.2, 0) is 25.1 Å². The smallest absolute Gasteiger partial charge is 0.338 e. The van der Waals surface area contributed by atoms with Crippen molar-refractivity contribution in [3.63, 3.8) is 0 Å². The van der Waals surface area contributed by atoms with Gasteiger partial charge in [-0.2, -0.15) is 0 Å². The number of benzene rings is 2.